The molecule has 1 aromatic rings. The number of likely N-dealkylation sites (tertiary alicyclic amines) is 1. The van der Waals surface area contributed by atoms with Crippen molar-refractivity contribution in [1.82, 2.24) is 10.2 Å². The van der Waals surface area contributed by atoms with Crippen molar-refractivity contribution in [3.8, 4) is 0 Å². The Kier molecular flexibility index (Phi) is 10.4. The molecular formula is C26H37N3O6. The maximum absolute atomic E-state index is 12.4. The fourth-order valence-electron chi connectivity index (χ4n) is 3.75. The molecule has 1 heterocycles. The quantitative estimate of drug-likeness (QED) is 0.345. The number of carbonyl (C=O) groups is 5. The van der Waals surface area contributed by atoms with Gasteiger partial charge >= 0.3 is 5.97 Å². The Morgan fingerprint density at radius 1 is 1.09 bits per heavy atom. The van der Waals surface area contributed by atoms with Crippen LogP contribution >= 0.6 is 0 Å². The highest BCUT2D eigenvalue weighted by Crippen LogP contribution is 2.26. The summed E-state index contributed by atoms with van der Waals surface area (Å²) in [6.45, 7) is 9.61. The zero-order valence-electron chi connectivity index (χ0n) is 21.3. The van der Waals surface area contributed by atoms with Crippen LogP contribution in [0.15, 0.2) is 18.2 Å². The summed E-state index contributed by atoms with van der Waals surface area (Å²) >= 11 is 0. The second kappa shape index (κ2) is 13.0. The van der Waals surface area contributed by atoms with Gasteiger partial charge in [0, 0.05) is 44.0 Å². The number of ether oxygens (including phenoxy) is 1. The van der Waals surface area contributed by atoms with E-state index in [1.165, 1.54) is 0 Å². The summed E-state index contributed by atoms with van der Waals surface area (Å²) in [4.78, 5) is 61.8. The lowest BCUT2D eigenvalue weighted by atomic mass is 9.94. The van der Waals surface area contributed by atoms with E-state index in [9.17, 15) is 24.0 Å². The molecule has 0 saturated carbocycles. The average Bonchev–Trinajstić information content (AvgIpc) is 3.09. The number of benzene rings is 1. The summed E-state index contributed by atoms with van der Waals surface area (Å²) in [5.41, 5.74) is 2.36. The molecule has 1 saturated heterocycles. The lowest BCUT2D eigenvalue weighted by Crippen LogP contribution is -2.36. The number of nitrogens with one attached hydrogen (secondary N) is 2. The largest absolute Gasteiger partial charge is 0.461 e. The molecule has 2 N–H and O–H groups in total. The molecule has 9 nitrogen and oxygen atoms in total. The molecule has 192 valence electrons. The van der Waals surface area contributed by atoms with E-state index in [2.05, 4.69) is 10.6 Å². The monoisotopic (exact) mass is 487 g/mol. The van der Waals surface area contributed by atoms with Crippen LogP contribution in [0.25, 0.3) is 0 Å². The first-order chi connectivity index (χ1) is 16.5. The van der Waals surface area contributed by atoms with Crippen LogP contribution in [0.4, 0.5) is 5.69 Å². The fourth-order valence-corrected chi connectivity index (χ4v) is 3.75. The molecule has 0 aliphatic carbocycles. The zero-order chi connectivity index (χ0) is 26.1. The van der Waals surface area contributed by atoms with E-state index in [4.69, 9.17) is 4.74 Å². The van der Waals surface area contributed by atoms with Gasteiger partial charge in [-0.05, 0) is 29.5 Å². The molecule has 0 aromatic heterocycles. The molecule has 1 atom stereocenters. The summed E-state index contributed by atoms with van der Waals surface area (Å²) in [6, 6.07) is 5.54. The number of imide groups is 1. The lowest BCUT2D eigenvalue weighted by Gasteiger charge is -2.16. The normalized spacial score (nSPS) is 15.6. The first kappa shape index (κ1) is 28.0. The van der Waals surface area contributed by atoms with Crippen molar-refractivity contribution in [2.75, 3.05) is 18.4 Å². The van der Waals surface area contributed by atoms with Crippen LogP contribution in [-0.2, 0) is 41.7 Å². The number of esters is 1. The topological polar surface area (TPSA) is 122 Å². The Labute approximate surface area is 207 Å². The van der Waals surface area contributed by atoms with Crippen molar-refractivity contribution in [1.29, 1.82) is 0 Å². The summed E-state index contributed by atoms with van der Waals surface area (Å²) in [5, 5.41) is 5.53. The number of hydrogen-bond acceptors (Lipinski definition) is 6. The van der Waals surface area contributed by atoms with Gasteiger partial charge < -0.3 is 15.4 Å². The Morgan fingerprint density at radius 2 is 1.80 bits per heavy atom. The van der Waals surface area contributed by atoms with Gasteiger partial charge in [0.25, 0.3) is 0 Å². The van der Waals surface area contributed by atoms with Crippen LogP contribution in [-0.4, -0.2) is 47.6 Å². The number of nitrogens with zero attached hydrogens (tertiary/aromatic N) is 1. The molecule has 35 heavy (non-hydrogen) atoms. The molecule has 1 aromatic carbocycles. The minimum Gasteiger partial charge on any atom is -0.461 e. The molecule has 2 rings (SSSR count). The predicted octanol–water partition coefficient (Wildman–Crippen LogP) is 2.81. The van der Waals surface area contributed by atoms with Gasteiger partial charge in [0.05, 0.1) is 5.92 Å². The van der Waals surface area contributed by atoms with Gasteiger partial charge in [-0.15, -0.1) is 0 Å². The second-order valence-electron chi connectivity index (χ2n) is 9.44. The Hall–Kier alpha value is -3.23. The lowest BCUT2D eigenvalue weighted by molar-refractivity contribution is -0.148. The zero-order valence-corrected chi connectivity index (χ0v) is 21.3. The van der Waals surface area contributed by atoms with Gasteiger partial charge in [0.2, 0.25) is 23.6 Å². The van der Waals surface area contributed by atoms with E-state index in [0.717, 1.165) is 16.0 Å². The first-order valence-corrected chi connectivity index (χ1v) is 12.2. The highest BCUT2D eigenvalue weighted by Gasteiger charge is 2.39. The van der Waals surface area contributed by atoms with Gasteiger partial charge in [-0.2, -0.15) is 0 Å². The number of aryl methyl sites for hydroxylation is 1. The van der Waals surface area contributed by atoms with Crippen molar-refractivity contribution >= 4 is 35.3 Å². The number of hydrogen-bond donors (Lipinski definition) is 2. The third kappa shape index (κ3) is 8.19. The third-order valence-electron chi connectivity index (χ3n) is 6.00. The van der Waals surface area contributed by atoms with E-state index in [1.54, 1.807) is 19.9 Å². The molecule has 4 amide bonds. The Morgan fingerprint density at radius 3 is 2.40 bits per heavy atom. The molecular weight excluding hydrogens is 450 g/mol. The number of carbonyl (C=O) groups excluding carboxylic acids is 5. The van der Waals surface area contributed by atoms with E-state index in [-0.39, 0.29) is 86.3 Å². The summed E-state index contributed by atoms with van der Waals surface area (Å²) < 4.78 is 5.26. The van der Waals surface area contributed by atoms with Crippen LogP contribution < -0.4 is 10.6 Å². The smallest absolute Gasteiger partial charge is 0.308 e. The Bertz CT molecular complexity index is 956. The van der Waals surface area contributed by atoms with E-state index >= 15 is 0 Å². The minimum absolute atomic E-state index is 0.00103. The molecule has 1 aliphatic heterocycles. The maximum atomic E-state index is 12.4. The number of rotatable bonds is 12. The predicted molar refractivity (Wildman–Crippen MR) is 131 cm³/mol. The fraction of sp³-hybridized carbons (Fsp3) is 0.577. The van der Waals surface area contributed by atoms with Gasteiger partial charge in [0.1, 0.15) is 6.61 Å². The highest BCUT2D eigenvalue weighted by atomic mass is 16.5. The van der Waals surface area contributed by atoms with E-state index in [1.807, 2.05) is 32.9 Å². The van der Waals surface area contributed by atoms with Gasteiger partial charge in [-0.25, -0.2) is 0 Å². The van der Waals surface area contributed by atoms with E-state index in [0.29, 0.717) is 12.1 Å². The van der Waals surface area contributed by atoms with Crippen LogP contribution in [0.5, 0.6) is 0 Å². The van der Waals surface area contributed by atoms with Crippen molar-refractivity contribution in [3.05, 3.63) is 29.3 Å². The number of anilines is 1. The van der Waals surface area contributed by atoms with Gasteiger partial charge in [-0.3, -0.25) is 28.9 Å². The molecule has 0 radical (unpaired) electrons. The highest BCUT2D eigenvalue weighted by molar-refractivity contribution is 6.03. The molecule has 1 unspecified atom stereocenters. The number of amides is 4. The van der Waals surface area contributed by atoms with Crippen molar-refractivity contribution in [2.45, 2.75) is 66.9 Å². The van der Waals surface area contributed by atoms with E-state index < -0.39 is 0 Å². The molecule has 1 fully saturated rings. The average molecular weight is 488 g/mol. The van der Waals surface area contributed by atoms with Crippen LogP contribution in [0.1, 0.15) is 65.0 Å². The van der Waals surface area contributed by atoms with Gasteiger partial charge in [-0.1, -0.05) is 46.8 Å². The molecule has 9 heteroatoms. The maximum Gasteiger partial charge on any atom is 0.308 e. The van der Waals surface area contributed by atoms with Crippen molar-refractivity contribution < 1.29 is 28.7 Å². The minimum atomic E-state index is -0.324. The summed E-state index contributed by atoms with van der Waals surface area (Å²) in [7, 11) is 0. The van der Waals surface area contributed by atoms with Crippen molar-refractivity contribution in [3.63, 3.8) is 0 Å². The van der Waals surface area contributed by atoms with Crippen molar-refractivity contribution in [2.24, 2.45) is 17.8 Å². The molecule has 0 bridgehead atoms. The van der Waals surface area contributed by atoms with Crippen LogP contribution in [0.3, 0.4) is 0 Å². The molecule has 1 aliphatic rings. The summed E-state index contributed by atoms with van der Waals surface area (Å²) in [5.74, 6) is -1.79. The SMILES string of the molecule is CCc1ccc(COC(=O)C(C)C)cc1NC(=O)CCNC(=O)CCN1C(=O)CC(C(C)C)C1=O. The summed E-state index contributed by atoms with van der Waals surface area (Å²) in [6.07, 6.45) is 0.975. The standard InChI is InChI=1S/C26H37N3O6/c1-6-19-8-7-18(15-35-26(34)17(4)5)13-21(19)28-23(31)9-11-27-22(30)10-12-29-24(32)14-20(16(2)3)25(29)33/h7-8,13,16-17,20H,6,9-12,14-15H2,1-5H3,(H,27,30)(H,28,31). The first-order valence-electron chi connectivity index (χ1n) is 12.2. The van der Waals surface area contributed by atoms with Crippen LogP contribution in [0.2, 0.25) is 0 Å². The second-order valence-corrected chi connectivity index (χ2v) is 9.44. The van der Waals surface area contributed by atoms with Gasteiger partial charge in [0.15, 0.2) is 0 Å². The third-order valence-corrected chi connectivity index (χ3v) is 6.00. The Balaban J connectivity index is 1.79. The molecule has 0 spiro atoms. The van der Waals surface area contributed by atoms with Crippen LogP contribution in [0, 0.1) is 17.8 Å².